The van der Waals surface area contributed by atoms with Crippen LogP contribution < -0.4 is 0 Å². The van der Waals surface area contributed by atoms with E-state index in [9.17, 15) is 14.9 Å². The molecule has 0 unspecified atom stereocenters. The first-order chi connectivity index (χ1) is 9.61. The minimum atomic E-state index is -0.898. The average molecular weight is 315 g/mol. The molecule has 0 aromatic heterocycles. The van der Waals surface area contributed by atoms with Crippen LogP contribution in [0.2, 0.25) is 5.02 Å². The lowest BCUT2D eigenvalue weighted by molar-refractivity contribution is -0.385. The number of nitrogens with zero attached hydrogens (tertiary/aromatic N) is 2. The van der Waals surface area contributed by atoms with Crippen LogP contribution in [0.5, 0.6) is 0 Å². The Morgan fingerprint density at radius 2 is 2.05 bits per heavy atom. The predicted molar refractivity (Wildman–Crippen MR) is 80.5 cm³/mol. The monoisotopic (exact) mass is 314 g/mol. The number of nitro benzene ring substituents is 1. The summed E-state index contributed by atoms with van der Waals surface area (Å²) in [6, 6.07) is 4.40. The molecule has 0 aliphatic rings. The van der Waals surface area contributed by atoms with Crippen molar-refractivity contribution in [2.24, 2.45) is 0 Å². The van der Waals surface area contributed by atoms with Gasteiger partial charge in [-0.2, -0.15) is 0 Å². The first-order valence-corrected chi connectivity index (χ1v) is 6.88. The van der Waals surface area contributed by atoms with Gasteiger partial charge in [-0.05, 0) is 32.9 Å². The second kappa shape index (κ2) is 6.87. The van der Waals surface area contributed by atoms with Crippen LogP contribution in [0.15, 0.2) is 18.2 Å². The largest absolute Gasteiger partial charge is 0.481 e. The Balaban J connectivity index is 3.05. The number of halogens is 1. The van der Waals surface area contributed by atoms with Crippen molar-refractivity contribution >= 4 is 23.3 Å². The van der Waals surface area contributed by atoms with Gasteiger partial charge in [-0.1, -0.05) is 11.6 Å². The molecule has 0 radical (unpaired) electrons. The maximum Gasteiger partial charge on any atom is 0.304 e. The molecule has 0 aliphatic heterocycles. The van der Waals surface area contributed by atoms with E-state index in [0.29, 0.717) is 17.1 Å². The van der Waals surface area contributed by atoms with E-state index in [0.717, 1.165) is 0 Å². The third-order valence-corrected chi connectivity index (χ3v) is 3.38. The lowest BCUT2D eigenvalue weighted by Crippen LogP contribution is -2.42. The van der Waals surface area contributed by atoms with E-state index in [-0.39, 0.29) is 24.2 Å². The third-order valence-electron chi connectivity index (χ3n) is 3.14. The van der Waals surface area contributed by atoms with Crippen LogP contribution in [0.1, 0.15) is 32.8 Å². The molecule has 1 N–H and O–H groups in total. The zero-order valence-electron chi connectivity index (χ0n) is 12.3. The molecule has 0 saturated heterocycles. The van der Waals surface area contributed by atoms with E-state index < -0.39 is 10.9 Å². The van der Waals surface area contributed by atoms with Gasteiger partial charge in [0.1, 0.15) is 0 Å². The summed E-state index contributed by atoms with van der Waals surface area (Å²) in [6.45, 7) is 6.39. The molecular weight excluding hydrogens is 296 g/mol. The van der Waals surface area contributed by atoms with Crippen molar-refractivity contribution in [3.63, 3.8) is 0 Å². The third kappa shape index (κ3) is 5.32. The fourth-order valence-electron chi connectivity index (χ4n) is 1.95. The Labute approximate surface area is 128 Å². The minimum absolute atomic E-state index is 0.0102. The highest BCUT2D eigenvalue weighted by Crippen LogP contribution is 2.26. The Morgan fingerprint density at radius 3 is 2.52 bits per heavy atom. The van der Waals surface area contributed by atoms with E-state index in [2.05, 4.69) is 0 Å². The van der Waals surface area contributed by atoms with Gasteiger partial charge in [-0.15, -0.1) is 0 Å². The standard InChI is InChI=1S/C14H19ClN2O4/c1-14(2,3)16(7-6-13(18)19)9-10-8-11(15)4-5-12(10)17(20)21/h4-5,8H,6-7,9H2,1-3H3,(H,18,19). The van der Waals surface area contributed by atoms with Gasteiger partial charge in [0.05, 0.1) is 11.3 Å². The summed E-state index contributed by atoms with van der Waals surface area (Å²) in [4.78, 5) is 23.3. The number of benzene rings is 1. The predicted octanol–water partition coefficient (Wildman–Crippen LogP) is 3.32. The van der Waals surface area contributed by atoms with Gasteiger partial charge >= 0.3 is 5.97 Å². The Morgan fingerprint density at radius 1 is 1.43 bits per heavy atom. The number of carbonyl (C=O) groups is 1. The number of hydrogen-bond donors (Lipinski definition) is 1. The van der Waals surface area contributed by atoms with Crippen molar-refractivity contribution < 1.29 is 14.8 Å². The fraction of sp³-hybridized carbons (Fsp3) is 0.500. The molecule has 0 fully saturated rings. The van der Waals surface area contributed by atoms with Gasteiger partial charge in [0.15, 0.2) is 0 Å². The van der Waals surface area contributed by atoms with Gasteiger partial charge in [-0.3, -0.25) is 19.8 Å². The van der Waals surface area contributed by atoms with Crippen LogP contribution in [0.3, 0.4) is 0 Å². The van der Waals surface area contributed by atoms with Crippen molar-refractivity contribution in [1.82, 2.24) is 4.90 Å². The smallest absolute Gasteiger partial charge is 0.304 e. The average Bonchev–Trinajstić information content (AvgIpc) is 2.32. The molecule has 1 aromatic carbocycles. The molecule has 21 heavy (non-hydrogen) atoms. The van der Waals surface area contributed by atoms with E-state index in [1.165, 1.54) is 12.1 Å². The minimum Gasteiger partial charge on any atom is -0.481 e. The molecule has 0 amide bonds. The quantitative estimate of drug-likeness (QED) is 0.643. The molecule has 0 saturated carbocycles. The molecule has 0 spiro atoms. The molecule has 6 nitrogen and oxygen atoms in total. The molecule has 7 heteroatoms. The molecule has 1 aromatic rings. The fourth-order valence-corrected chi connectivity index (χ4v) is 2.14. The lowest BCUT2D eigenvalue weighted by atomic mass is 10.0. The van der Waals surface area contributed by atoms with Crippen molar-refractivity contribution in [1.29, 1.82) is 0 Å². The second-order valence-corrected chi connectivity index (χ2v) is 6.20. The van der Waals surface area contributed by atoms with Crippen LogP contribution in [-0.4, -0.2) is 33.0 Å². The van der Waals surface area contributed by atoms with Crippen molar-refractivity contribution in [2.75, 3.05) is 6.54 Å². The highest BCUT2D eigenvalue weighted by atomic mass is 35.5. The maximum atomic E-state index is 11.1. The van der Waals surface area contributed by atoms with E-state index in [1.54, 1.807) is 6.07 Å². The summed E-state index contributed by atoms with van der Waals surface area (Å²) in [6.07, 6.45) is -0.0222. The molecule has 116 valence electrons. The topological polar surface area (TPSA) is 83.7 Å². The zero-order valence-corrected chi connectivity index (χ0v) is 13.1. The van der Waals surface area contributed by atoms with Crippen LogP contribution >= 0.6 is 11.6 Å². The molecule has 0 aliphatic carbocycles. The maximum absolute atomic E-state index is 11.1. The lowest BCUT2D eigenvalue weighted by Gasteiger charge is -2.35. The molecule has 1 rings (SSSR count). The molecule has 0 atom stereocenters. The summed E-state index contributed by atoms with van der Waals surface area (Å²) in [5.74, 6) is -0.898. The van der Waals surface area contributed by atoms with E-state index >= 15 is 0 Å². The summed E-state index contributed by atoms with van der Waals surface area (Å²) in [5.41, 5.74) is 0.155. The van der Waals surface area contributed by atoms with Crippen LogP contribution in [0.4, 0.5) is 5.69 Å². The number of carboxylic acids is 1. The second-order valence-electron chi connectivity index (χ2n) is 5.77. The number of nitro groups is 1. The van der Waals surface area contributed by atoms with Crippen molar-refractivity contribution in [3.8, 4) is 0 Å². The number of hydrogen-bond acceptors (Lipinski definition) is 4. The summed E-state index contributed by atoms with van der Waals surface area (Å²) >= 11 is 5.91. The van der Waals surface area contributed by atoms with Crippen LogP contribution in [0, 0.1) is 10.1 Å². The van der Waals surface area contributed by atoms with Gasteiger partial charge in [0.2, 0.25) is 0 Å². The number of aliphatic carboxylic acids is 1. The number of carboxylic acid groups (broad SMARTS) is 1. The summed E-state index contributed by atoms with van der Waals surface area (Å²) in [5, 5.41) is 20.3. The highest BCUT2D eigenvalue weighted by Gasteiger charge is 2.25. The van der Waals surface area contributed by atoms with Crippen molar-refractivity contribution in [2.45, 2.75) is 39.3 Å². The Kier molecular flexibility index (Phi) is 5.69. The SMILES string of the molecule is CC(C)(C)N(CCC(=O)O)Cc1cc(Cl)ccc1[N+](=O)[O-]. The highest BCUT2D eigenvalue weighted by molar-refractivity contribution is 6.30. The van der Waals surface area contributed by atoms with Crippen LogP contribution in [-0.2, 0) is 11.3 Å². The first-order valence-electron chi connectivity index (χ1n) is 6.51. The Hall–Kier alpha value is -1.66. The molecule has 0 bridgehead atoms. The molecule has 0 heterocycles. The zero-order chi connectivity index (χ0) is 16.2. The van der Waals surface area contributed by atoms with E-state index in [1.807, 2.05) is 25.7 Å². The van der Waals surface area contributed by atoms with Gasteiger partial charge in [-0.25, -0.2) is 0 Å². The summed E-state index contributed by atoms with van der Waals surface area (Å²) in [7, 11) is 0. The summed E-state index contributed by atoms with van der Waals surface area (Å²) < 4.78 is 0. The van der Waals surface area contributed by atoms with Crippen molar-refractivity contribution in [3.05, 3.63) is 38.9 Å². The Bertz CT molecular complexity index is 540. The normalized spacial score (nSPS) is 11.7. The van der Waals surface area contributed by atoms with Gasteiger partial charge in [0.25, 0.3) is 5.69 Å². The van der Waals surface area contributed by atoms with E-state index in [4.69, 9.17) is 16.7 Å². The van der Waals surface area contributed by atoms with Gasteiger partial charge in [0, 0.05) is 35.3 Å². The number of rotatable bonds is 6. The first kappa shape index (κ1) is 17.4. The molecular formula is C14H19ClN2O4. The van der Waals surface area contributed by atoms with Gasteiger partial charge < -0.3 is 5.11 Å². The van der Waals surface area contributed by atoms with Crippen LogP contribution in [0.25, 0.3) is 0 Å².